The summed E-state index contributed by atoms with van der Waals surface area (Å²) in [5.41, 5.74) is 4.42. The highest BCUT2D eigenvalue weighted by Crippen LogP contribution is 2.38. The lowest BCUT2D eigenvalue weighted by atomic mass is 10.1. The standard InChI is InChI=1S/C27H24ClNO4/c1-3-32-26-13-10-20(27(30)31)15-24(26)29-18(2)9-12-23(29)22-16-21(28)11-14-25(22)33-17-19-7-5-4-6-8-19/h4-16H,3,17H2,1-2H3,(H,30,31). The van der Waals surface area contributed by atoms with E-state index in [-0.39, 0.29) is 5.56 Å². The molecule has 0 atom stereocenters. The second-order valence-electron chi connectivity index (χ2n) is 7.53. The summed E-state index contributed by atoms with van der Waals surface area (Å²) in [7, 11) is 0. The van der Waals surface area contributed by atoms with E-state index in [0.29, 0.717) is 35.4 Å². The molecule has 0 aliphatic carbocycles. The third-order valence-electron chi connectivity index (χ3n) is 5.28. The molecule has 4 aromatic rings. The maximum atomic E-state index is 11.7. The summed E-state index contributed by atoms with van der Waals surface area (Å²) in [5.74, 6) is 0.270. The molecule has 3 aromatic carbocycles. The van der Waals surface area contributed by atoms with Crippen molar-refractivity contribution in [2.75, 3.05) is 6.61 Å². The van der Waals surface area contributed by atoms with E-state index in [1.165, 1.54) is 0 Å². The number of aromatic carboxylic acids is 1. The van der Waals surface area contributed by atoms with Crippen molar-refractivity contribution in [1.82, 2.24) is 4.57 Å². The van der Waals surface area contributed by atoms with Crippen molar-refractivity contribution in [3.8, 4) is 28.4 Å². The zero-order valence-electron chi connectivity index (χ0n) is 18.4. The Kier molecular flexibility index (Phi) is 6.71. The van der Waals surface area contributed by atoms with Gasteiger partial charge in [0.1, 0.15) is 18.1 Å². The van der Waals surface area contributed by atoms with Gasteiger partial charge < -0.3 is 19.1 Å². The number of carbonyl (C=O) groups is 1. The average Bonchev–Trinajstić information content (AvgIpc) is 3.20. The number of ether oxygens (including phenoxy) is 2. The van der Waals surface area contributed by atoms with Gasteiger partial charge in [-0.2, -0.15) is 0 Å². The van der Waals surface area contributed by atoms with E-state index in [4.69, 9.17) is 21.1 Å². The van der Waals surface area contributed by atoms with Gasteiger partial charge in [-0.15, -0.1) is 0 Å². The third kappa shape index (κ3) is 4.89. The van der Waals surface area contributed by atoms with E-state index in [1.807, 2.05) is 73.0 Å². The van der Waals surface area contributed by atoms with Crippen molar-refractivity contribution >= 4 is 17.6 Å². The van der Waals surface area contributed by atoms with E-state index >= 15 is 0 Å². The number of nitrogens with zero attached hydrogens (tertiary/aromatic N) is 1. The number of carboxylic acid groups (broad SMARTS) is 1. The highest BCUT2D eigenvalue weighted by molar-refractivity contribution is 6.31. The van der Waals surface area contributed by atoms with Gasteiger partial charge >= 0.3 is 5.97 Å². The van der Waals surface area contributed by atoms with Gasteiger partial charge in [0.15, 0.2) is 0 Å². The average molecular weight is 462 g/mol. The number of benzene rings is 3. The van der Waals surface area contributed by atoms with Gasteiger partial charge in [0.25, 0.3) is 0 Å². The minimum absolute atomic E-state index is 0.180. The van der Waals surface area contributed by atoms with Gasteiger partial charge in [0, 0.05) is 16.3 Å². The van der Waals surface area contributed by atoms with Crippen LogP contribution in [0.25, 0.3) is 16.9 Å². The van der Waals surface area contributed by atoms with Crippen LogP contribution in [0.5, 0.6) is 11.5 Å². The van der Waals surface area contributed by atoms with Crippen LogP contribution in [0, 0.1) is 6.92 Å². The van der Waals surface area contributed by atoms with E-state index in [2.05, 4.69) is 0 Å². The van der Waals surface area contributed by atoms with Crippen molar-refractivity contribution in [3.05, 3.63) is 101 Å². The Morgan fingerprint density at radius 3 is 2.42 bits per heavy atom. The second-order valence-corrected chi connectivity index (χ2v) is 7.97. The molecule has 0 saturated heterocycles. The first-order chi connectivity index (χ1) is 16.0. The zero-order valence-corrected chi connectivity index (χ0v) is 19.2. The predicted molar refractivity (Wildman–Crippen MR) is 130 cm³/mol. The molecule has 6 heteroatoms. The number of rotatable bonds is 8. The molecule has 0 bridgehead atoms. The molecule has 0 aliphatic heterocycles. The smallest absolute Gasteiger partial charge is 0.335 e. The second kappa shape index (κ2) is 9.84. The van der Waals surface area contributed by atoms with E-state index < -0.39 is 5.97 Å². The fraction of sp³-hybridized carbons (Fsp3) is 0.148. The van der Waals surface area contributed by atoms with Gasteiger partial charge in [-0.3, -0.25) is 0 Å². The van der Waals surface area contributed by atoms with Crippen LogP contribution in [0.15, 0.2) is 78.9 Å². The maximum Gasteiger partial charge on any atom is 0.335 e. The Hall–Kier alpha value is -3.70. The first kappa shape index (κ1) is 22.5. The molecule has 1 heterocycles. The molecule has 0 aliphatic rings. The van der Waals surface area contributed by atoms with E-state index in [9.17, 15) is 9.90 Å². The van der Waals surface area contributed by atoms with Gasteiger partial charge in [0.2, 0.25) is 0 Å². The summed E-state index contributed by atoms with van der Waals surface area (Å²) < 4.78 is 14.0. The third-order valence-corrected chi connectivity index (χ3v) is 5.51. The fourth-order valence-corrected chi connectivity index (χ4v) is 3.91. The highest BCUT2D eigenvalue weighted by Gasteiger charge is 2.19. The molecule has 4 rings (SSSR count). The van der Waals surface area contributed by atoms with Crippen LogP contribution in [-0.2, 0) is 6.61 Å². The van der Waals surface area contributed by atoms with Crippen LogP contribution in [0.2, 0.25) is 5.02 Å². The summed E-state index contributed by atoms with van der Waals surface area (Å²) in [5, 5.41) is 10.1. The predicted octanol–water partition coefficient (Wildman–Crippen LogP) is 6.78. The molecule has 5 nitrogen and oxygen atoms in total. The van der Waals surface area contributed by atoms with Crippen LogP contribution < -0.4 is 9.47 Å². The number of aryl methyl sites for hydroxylation is 1. The Morgan fingerprint density at radius 1 is 0.939 bits per heavy atom. The quantitative estimate of drug-likeness (QED) is 0.314. The molecule has 0 saturated carbocycles. The molecule has 1 aromatic heterocycles. The molecular weight excluding hydrogens is 438 g/mol. The number of aromatic nitrogens is 1. The Morgan fingerprint density at radius 2 is 1.70 bits per heavy atom. The van der Waals surface area contributed by atoms with Crippen LogP contribution in [0.4, 0.5) is 0 Å². The lowest BCUT2D eigenvalue weighted by molar-refractivity contribution is 0.0697. The first-order valence-corrected chi connectivity index (χ1v) is 11.0. The molecule has 0 fully saturated rings. The van der Waals surface area contributed by atoms with Crippen molar-refractivity contribution in [3.63, 3.8) is 0 Å². The van der Waals surface area contributed by atoms with Crippen molar-refractivity contribution in [1.29, 1.82) is 0 Å². The van der Waals surface area contributed by atoms with Gasteiger partial charge in [-0.25, -0.2) is 4.79 Å². The molecule has 168 valence electrons. The zero-order chi connectivity index (χ0) is 23.4. The van der Waals surface area contributed by atoms with Crippen LogP contribution >= 0.6 is 11.6 Å². The summed E-state index contributed by atoms with van der Waals surface area (Å²) in [6.45, 7) is 4.72. The molecule has 0 unspecified atom stereocenters. The normalized spacial score (nSPS) is 10.8. The molecule has 1 N–H and O–H groups in total. The molecule has 33 heavy (non-hydrogen) atoms. The van der Waals surface area contributed by atoms with E-state index in [0.717, 1.165) is 22.5 Å². The number of hydrogen-bond acceptors (Lipinski definition) is 3. The number of halogens is 1. The Balaban J connectivity index is 1.83. The van der Waals surface area contributed by atoms with E-state index in [1.54, 1.807) is 24.3 Å². The summed E-state index contributed by atoms with van der Waals surface area (Å²) in [6.07, 6.45) is 0. The monoisotopic (exact) mass is 461 g/mol. The lowest BCUT2D eigenvalue weighted by Crippen LogP contribution is -2.07. The van der Waals surface area contributed by atoms with Gasteiger partial charge in [-0.1, -0.05) is 41.9 Å². The molecule has 0 spiro atoms. The van der Waals surface area contributed by atoms with Crippen molar-refractivity contribution in [2.45, 2.75) is 20.5 Å². The topological polar surface area (TPSA) is 60.7 Å². The summed E-state index contributed by atoms with van der Waals surface area (Å²) >= 11 is 6.37. The van der Waals surface area contributed by atoms with Crippen LogP contribution in [0.1, 0.15) is 28.5 Å². The van der Waals surface area contributed by atoms with Crippen LogP contribution in [-0.4, -0.2) is 22.2 Å². The Bertz CT molecular complexity index is 1280. The van der Waals surface area contributed by atoms with Gasteiger partial charge in [0.05, 0.1) is 23.6 Å². The maximum absolute atomic E-state index is 11.7. The van der Waals surface area contributed by atoms with Crippen LogP contribution in [0.3, 0.4) is 0 Å². The lowest BCUT2D eigenvalue weighted by Gasteiger charge is -2.19. The van der Waals surface area contributed by atoms with Gasteiger partial charge in [-0.05, 0) is 67.9 Å². The largest absolute Gasteiger partial charge is 0.492 e. The summed E-state index contributed by atoms with van der Waals surface area (Å²) in [4.78, 5) is 11.7. The summed E-state index contributed by atoms with van der Waals surface area (Å²) in [6, 6.07) is 24.2. The molecular formula is C27H24ClNO4. The Labute approximate surface area is 197 Å². The number of carboxylic acids is 1. The first-order valence-electron chi connectivity index (χ1n) is 10.6. The fourth-order valence-electron chi connectivity index (χ4n) is 3.73. The van der Waals surface area contributed by atoms with Crippen molar-refractivity contribution in [2.24, 2.45) is 0 Å². The molecule has 0 amide bonds. The SMILES string of the molecule is CCOc1ccc(C(=O)O)cc1-n1c(C)ccc1-c1cc(Cl)ccc1OCc1ccccc1. The number of hydrogen-bond donors (Lipinski definition) is 1. The van der Waals surface area contributed by atoms with Crippen molar-refractivity contribution < 1.29 is 19.4 Å². The minimum Gasteiger partial charge on any atom is -0.492 e. The molecule has 0 radical (unpaired) electrons. The highest BCUT2D eigenvalue weighted by atomic mass is 35.5. The minimum atomic E-state index is -1.000.